The van der Waals surface area contributed by atoms with Crippen molar-refractivity contribution in [1.29, 1.82) is 0 Å². The molecule has 2 atom stereocenters. The SMILES string of the molecule is C#Cc1ccc(-c2cc(C(=O)Nc3ccc(OC(F)(F)Cl)cc3)cnc2N2C[C@H](O)[C@@H](O)C2)[nH]1. The lowest BCUT2D eigenvalue weighted by molar-refractivity contribution is -0.0964. The van der Waals surface area contributed by atoms with Crippen LogP contribution in [0.3, 0.4) is 0 Å². The highest BCUT2D eigenvalue weighted by molar-refractivity contribution is 6.20. The van der Waals surface area contributed by atoms with Crippen molar-refractivity contribution in [1.82, 2.24) is 9.97 Å². The van der Waals surface area contributed by atoms with E-state index in [9.17, 15) is 23.8 Å². The molecular formula is C23H19ClF2N4O4. The molecule has 1 saturated heterocycles. The van der Waals surface area contributed by atoms with Crippen LogP contribution in [0.25, 0.3) is 11.3 Å². The fraction of sp³-hybridized carbons (Fsp3) is 0.217. The van der Waals surface area contributed by atoms with E-state index in [2.05, 4.69) is 25.9 Å². The molecule has 3 aromatic rings. The summed E-state index contributed by atoms with van der Waals surface area (Å²) in [6.07, 6.45) is 4.97. The van der Waals surface area contributed by atoms with Crippen molar-refractivity contribution in [3.05, 3.63) is 59.9 Å². The van der Waals surface area contributed by atoms with Gasteiger partial charge in [-0.1, -0.05) is 5.92 Å². The molecule has 0 radical (unpaired) electrons. The number of aliphatic hydroxyl groups is 2. The van der Waals surface area contributed by atoms with Crippen LogP contribution in [0.1, 0.15) is 16.1 Å². The Labute approximate surface area is 198 Å². The highest BCUT2D eigenvalue weighted by Gasteiger charge is 2.32. The first-order valence-electron chi connectivity index (χ1n) is 10.1. The number of terminal acetylenes is 1. The second-order valence-electron chi connectivity index (χ2n) is 7.59. The van der Waals surface area contributed by atoms with Gasteiger partial charge in [0, 0.05) is 42.1 Å². The molecule has 11 heteroatoms. The van der Waals surface area contributed by atoms with Gasteiger partial charge in [-0.15, -0.1) is 15.2 Å². The number of halogens is 3. The van der Waals surface area contributed by atoms with Gasteiger partial charge < -0.3 is 30.2 Å². The first-order chi connectivity index (χ1) is 16.1. The third-order valence-corrected chi connectivity index (χ3v) is 5.24. The molecule has 1 aliphatic heterocycles. The molecular weight excluding hydrogens is 470 g/mol. The van der Waals surface area contributed by atoms with Crippen LogP contribution >= 0.6 is 11.6 Å². The minimum Gasteiger partial charge on any atom is -0.420 e. The van der Waals surface area contributed by atoms with Gasteiger partial charge in [0.25, 0.3) is 5.91 Å². The fourth-order valence-corrected chi connectivity index (χ4v) is 3.64. The predicted molar refractivity (Wildman–Crippen MR) is 122 cm³/mol. The zero-order valence-electron chi connectivity index (χ0n) is 17.5. The number of alkyl halides is 3. The molecule has 0 saturated carbocycles. The Morgan fingerprint density at radius 2 is 1.91 bits per heavy atom. The highest BCUT2D eigenvalue weighted by atomic mass is 35.5. The smallest absolute Gasteiger partial charge is 0.420 e. The predicted octanol–water partition coefficient (Wildman–Crippen LogP) is 3.02. The number of nitrogens with one attached hydrogen (secondary N) is 2. The van der Waals surface area contributed by atoms with E-state index in [0.29, 0.717) is 28.5 Å². The summed E-state index contributed by atoms with van der Waals surface area (Å²) in [5, 5.41) is 22.5. The second-order valence-corrected chi connectivity index (χ2v) is 8.03. The lowest BCUT2D eigenvalue weighted by Gasteiger charge is -2.20. The number of carbonyl (C=O) groups excluding carboxylic acids is 1. The number of benzene rings is 1. The minimum absolute atomic E-state index is 0.169. The Kier molecular flexibility index (Phi) is 6.43. The zero-order chi connectivity index (χ0) is 24.5. The van der Waals surface area contributed by atoms with Gasteiger partial charge in [0.1, 0.15) is 11.6 Å². The molecule has 2 aromatic heterocycles. The number of pyridine rings is 1. The largest absolute Gasteiger partial charge is 0.487 e. The van der Waals surface area contributed by atoms with Crippen LogP contribution in [-0.2, 0) is 0 Å². The Morgan fingerprint density at radius 1 is 1.24 bits per heavy atom. The minimum atomic E-state index is -3.84. The molecule has 1 aliphatic rings. The van der Waals surface area contributed by atoms with Crippen molar-refractivity contribution < 1.29 is 28.5 Å². The first-order valence-corrected chi connectivity index (χ1v) is 10.4. The lowest BCUT2D eigenvalue weighted by Crippen LogP contribution is -2.23. The summed E-state index contributed by atoms with van der Waals surface area (Å²) in [4.78, 5) is 22.0. The summed E-state index contributed by atoms with van der Waals surface area (Å²) >= 11 is 4.75. The molecule has 4 N–H and O–H groups in total. The molecule has 1 fully saturated rings. The van der Waals surface area contributed by atoms with Crippen molar-refractivity contribution in [2.24, 2.45) is 0 Å². The summed E-state index contributed by atoms with van der Waals surface area (Å²) in [5.41, 5.74) is -1.62. The summed E-state index contributed by atoms with van der Waals surface area (Å²) in [7, 11) is 0. The van der Waals surface area contributed by atoms with E-state index in [0.717, 1.165) is 0 Å². The van der Waals surface area contributed by atoms with E-state index in [1.54, 1.807) is 23.1 Å². The fourth-order valence-electron chi connectivity index (χ4n) is 3.55. The van der Waals surface area contributed by atoms with Gasteiger partial charge in [0.05, 0.1) is 29.2 Å². The van der Waals surface area contributed by atoms with Crippen LogP contribution < -0.4 is 15.0 Å². The lowest BCUT2D eigenvalue weighted by atomic mass is 10.1. The molecule has 1 aromatic carbocycles. The number of aromatic nitrogens is 2. The number of nitrogens with zero attached hydrogens (tertiary/aromatic N) is 2. The van der Waals surface area contributed by atoms with Crippen LogP contribution in [-0.4, -0.2) is 57.0 Å². The van der Waals surface area contributed by atoms with Crippen molar-refractivity contribution in [2.75, 3.05) is 23.3 Å². The molecule has 0 unspecified atom stereocenters. The van der Waals surface area contributed by atoms with E-state index in [-0.39, 0.29) is 24.4 Å². The van der Waals surface area contributed by atoms with Crippen molar-refractivity contribution in [3.63, 3.8) is 0 Å². The maximum absolute atomic E-state index is 12.8. The average Bonchev–Trinajstić information content (AvgIpc) is 3.40. The van der Waals surface area contributed by atoms with E-state index in [1.807, 2.05) is 0 Å². The van der Waals surface area contributed by atoms with Gasteiger partial charge in [0.15, 0.2) is 0 Å². The quantitative estimate of drug-likeness (QED) is 0.313. The van der Waals surface area contributed by atoms with Crippen molar-refractivity contribution >= 4 is 29.0 Å². The number of hydrogen-bond donors (Lipinski definition) is 4. The number of carbonyl (C=O) groups is 1. The van der Waals surface area contributed by atoms with Crippen molar-refractivity contribution in [2.45, 2.75) is 17.8 Å². The van der Waals surface area contributed by atoms with Crippen LogP contribution in [0.2, 0.25) is 0 Å². The standard InChI is InChI=1S/C23H19ClF2N4O4/c1-2-14-5-8-18(28-14)17-9-13(10-27-21(17)30-11-19(31)20(32)12-30)22(33)29-15-3-6-16(7-4-15)34-23(24,25)26/h1,3-10,19-20,28,31-32H,11-12H2,(H,29,33)/t19-,20-/m0/s1. The zero-order valence-corrected chi connectivity index (χ0v) is 18.3. The third-order valence-electron chi connectivity index (χ3n) is 5.16. The molecule has 0 aliphatic carbocycles. The molecule has 34 heavy (non-hydrogen) atoms. The van der Waals surface area contributed by atoms with E-state index in [1.165, 1.54) is 30.5 Å². The number of aromatic amines is 1. The van der Waals surface area contributed by atoms with Crippen LogP contribution in [0, 0.1) is 12.3 Å². The van der Waals surface area contributed by atoms with Crippen LogP contribution in [0.4, 0.5) is 20.3 Å². The van der Waals surface area contributed by atoms with Gasteiger partial charge in [-0.25, -0.2) is 4.98 Å². The number of rotatable bonds is 6. The van der Waals surface area contributed by atoms with E-state index >= 15 is 0 Å². The van der Waals surface area contributed by atoms with Gasteiger partial charge >= 0.3 is 5.57 Å². The molecule has 1 amide bonds. The summed E-state index contributed by atoms with van der Waals surface area (Å²) in [6, 6.07) is 10.3. The van der Waals surface area contributed by atoms with Gasteiger partial charge in [0.2, 0.25) is 0 Å². The summed E-state index contributed by atoms with van der Waals surface area (Å²) < 4.78 is 29.8. The third kappa shape index (κ3) is 5.28. The Balaban J connectivity index is 1.60. The molecule has 4 rings (SSSR count). The van der Waals surface area contributed by atoms with Crippen molar-refractivity contribution in [3.8, 4) is 29.4 Å². The second kappa shape index (κ2) is 9.30. The van der Waals surface area contributed by atoms with Gasteiger partial charge in [-0.05, 0) is 42.5 Å². The Bertz CT molecular complexity index is 1230. The Hall–Kier alpha value is -3.65. The number of anilines is 2. The summed E-state index contributed by atoms with van der Waals surface area (Å²) in [6.45, 7) is 0.344. The number of hydrogen-bond acceptors (Lipinski definition) is 6. The Morgan fingerprint density at radius 3 is 2.50 bits per heavy atom. The number of amides is 1. The first kappa shape index (κ1) is 23.5. The number of aliphatic hydroxyl groups excluding tert-OH is 2. The maximum atomic E-state index is 12.8. The molecule has 8 nitrogen and oxygen atoms in total. The number of β-amino-alcohol motifs (C(OH)–C–C–N with tert-alkyl or cyclic N) is 2. The van der Waals surface area contributed by atoms with Crippen LogP contribution in [0.15, 0.2) is 48.7 Å². The number of ether oxygens (including phenoxy) is 1. The topological polar surface area (TPSA) is 111 Å². The van der Waals surface area contributed by atoms with E-state index in [4.69, 9.17) is 18.0 Å². The summed E-state index contributed by atoms with van der Waals surface area (Å²) in [5.74, 6) is 2.29. The van der Waals surface area contributed by atoms with E-state index < -0.39 is 23.7 Å². The van der Waals surface area contributed by atoms with Gasteiger partial charge in [-0.3, -0.25) is 4.79 Å². The number of H-pyrrole nitrogens is 1. The highest BCUT2D eigenvalue weighted by Crippen LogP contribution is 2.32. The molecule has 3 heterocycles. The molecule has 0 bridgehead atoms. The van der Waals surface area contributed by atoms with Gasteiger partial charge in [-0.2, -0.15) is 0 Å². The maximum Gasteiger partial charge on any atom is 0.487 e. The monoisotopic (exact) mass is 488 g/mol. The molecule has 0 spiro atoms. The normalized spacial score (nSPS) is 17.9. The average molecular weight is 489 g/mol. The molecule has 176 valence electrons. The van der Waals surface area contributed by atoms with Crippen LogP contribution in [0.5, 0.6) is 5.75 Å².